The van der Waals surface area contributed by atoms with E-state index < -0.39 is 5.41 Å². The smallest absolute Gasteiger partial charge is 0.235 e. The average molecular weight is 383 g/mol. The molecule has 3 nitrogen and oxygen atoms in total. The number of benzene rings is 3. The molecule has 4 aromatic rings. The number of para-hydroxylation sites is 1. The van der Waals surface area contributed by atoms with E-state index >= 15 is 0 Å². The summed E-state index contributed by atoms with van der Waals surface area (Å²) in [6.45, 7) is 3.10. The van der Waals surface area contributed by atoms with E-state index in [1.807, 2.05) is 24.3 Å². The predicted octanol–water partition coefficient (Wildman–Crippen LogP) is 6.26. The van der Waals surface area contributed by atoms with E-state index in [1.165, 1.54) is 21.8 Å². The predicted molar refractivity (Wildman–Crippen MR) is 120 cm³/mol. The van der Waals surface area contributed by atoms with Gasteiger partial charge in [-0.1, -0.05) is 61.4 Å². The van der Waals surface area contributed by atoms with E-state index in [0.717, 1.165) is 43.5 Å². The van der Waals surface area contributed by atoms with Gasteiger partial charge in [-0.25, -0.2) is 0 Å². The highest BCUT2D eigenvalue weighted by atomic mass is 16.2. The van der Waals surface area contributed by atoms with Crippen LogP contribution in [0, 0.1) is 0 Å². The van der Waals surface area contributed by atoms with Gasteiger partial charge in [-0.05, 0) is 49.6 Å². The largest absolute Gasteiger partial charge is 0.341 e. The zero-order valence-electron chi connectivity index (χ0n) is 16.8. The first-order valence-corrected chi connectivity index (χ1v) is 10.6. The third-order valence-corrected chi connectivity index (χ3v) is 6.56. The molecule has 3 heteroatoms. The molecule has 0 spiro atoms. The summed E-state index contributed by atoms with van der Waals surface area (Å²) in [6.07, 6.45) is 4.04. The molecule has 1 aromatic heterocycles. The summed E-state index contributed by atoms with van der Waals surface area (Å²) in [5.74, 6) is 0.125. The molecule has 1 fully saturated rings. The maximum absolute atomic E-state index is 13.5. The topological polar surface area (TPSA) is 34.0 Å². The molecular formula is C26H26N2O. The van der Waals surface area contributed by atoms with Crippen molar-refractivity contribution in [1.29, 1.82) is 0 Å². The molecule has 29 heavy (non-hydrogen) atoms. The van der Waals surface area contributed by atoms with Gasteiger partial charge in [0.2, 0.25) is 5.91 Å². The first-order chi connectivity index (χ1) is 14.2. The molecule has 1 aliphatic carbocycles. The minimum Gasteiger partial charge on any atom is -0.341 e. The first kappa shape index (κ1) is 18.0. The number of carbonyl (C=O) groups is 1. The van der Waals surface area contributed by atoms with E-state index in [0.29, 0.717) is 0 Å². The lowest BCUT2D eigenvalue weighted by atomic mass is 9.78. The minimum absolute atomic E-state index is 0.125. The fourth-order valence-corrected chi connectivity index (χ4v) is 5.11. The summed E-state index contributed by atoms with van der Waals surface area (Å²) in [5.41, 5.74) is 4.06. The monoisotopic (exact) mass is 382 g/mol. The fourth-order valence-electron chi connectivity index (χ4n) is 5.11. The number of rotatable bonds is 4. The molecule has 146 valence electrons. The third-order valence-electron chi connectivity index (χ3n) is 6.56. The molecule has 1 aliphatic rings. The van der Waals surface area contributed by atoms with Gasteiger partial charge in [-0.3, -0.25) is 4.79 Å². The van der Waals surface area contributed by atoms with Crippen LogP contribution in [-0.4, -0.2) is 10.5 Å². The third kappa shape index (κ3) is 2.84. The Morgan fingerprint density at radius 2 is 1.59 bits per heavy atom. The first-order valence-electron chi connectivity index (χ1n) is 10.6. The van der Waals surface area contributed by atoms with Crippen molar-refractivity contribution in [2.24, 2.45) is 0 Å². The molecule has 0 atom stereocenters. The Hall–Kier alpha value is -3.07. The van der Waals surface area contributed by atoms with Crippen LogP contribution in [-0.2, 0) is 16.8 Å². The van der Waals surface area contributed by atoms with Crippen LogP contribution in [0.4, 0.5) is 5.69 Å². The Morgan fingerprint density at radius 3 is 2.34 bits per heavy atom. The Labute approximate surface area is 171 Å². The number of anilines is 1. The van der Waals surface area contributed by atoms with Crippen molar-refractivity contribution in [2.45, 2.75) is 44.6 Å². The van der Waals surface area contributed by atoms with Crippen LogP contribution in [0.3, 0.4) is 0 Å². The summed E-state index contributed by atoms with van der Waals surface area (Å²) < 4.78 is 2.33. The molecule has 0 unspecified atom stereocenters. The van der Waals surface area contributed by atoms with E-state index in [-0.39, 0.29) is 5.91 Å². The normalized spacial score (nSPS) is 15.8. The fraction of sp³-hybridized carbons (Fsp3) is 0.269. The highest BCUT2D eigenvalue weighted by Gasteiger charge is 2.42. The van der Waals surface area contributed by atoms with E-state index in [9.17, 15) is 4.79 Å². The molecule has 1 amide bonds. The summed E-state index contributed by atoms with van der Waals surface area (Å²) in [5, 5.41) is 5.69. The number of hydrogen-bond donors (Lipinski definition) is 1. The van der Waals surface area contributed by atoms with Gasteiger partial charge in [0.15, 0.2) is 0 Å². The zero-order chi connectivity index (χ0) is 19.8. The number of fused-ring (bicyclic) bond motifs is 3. The van der Waals surface area contributed by atoms with Crippen LogP contribution in [0.5, 0.6) is 0 Å². The van der Waals surface area contributed by atoms with Gasteiger partial charge in [0, 0.05) is 34.0 Å². The summed E-state index contributed by atoms with van der Waals surface area (Å²) in [6, 6.07) is 25.1. The lowest BCUT2D eigenvalue weighted by Gasteiger charge is -2.28. The number of nitrogens with one attached hydrogen (secondary N) is 1. The van der Waals surface area contributed by atoms with Crippen molar-refractivity contribution in [3.63, 3.8) is 0 Å². The SMILES string of the molecule is CCn1c2ccccc2c2cc(NC(=O)C3(c4ccccc4)CCCC3)ccc21. The van der Waals surface area contributed by atoms with Gasteiger partial charge in [0.1, 0.15) is 0 Å². The highest BCUT2D eigenvalue weighted by molar-refractivity contribution is 6.10. The maximum atomic E-state index is 13.5. The Morgan fingerprint density at radius 1 is 0.897 bits per heavy atom. The highest BCUT2D eigenvalue weighted by Crippen LogP contribution is 2.42. The number of hydrogen-bond acceptors (Lipinski definition) is 1. The second-order valence-electron chi connectivity index (χ2n) is 8.10. The Balaban J connectivity index is 1.55. The number of carbonyl (C=O) groups excluding carboxylic acids is 1. The molecule has 1 heterocycles. The second kappa shape index (κ2) is 7.07. The molecule has 0 saturated heterocycles. The Kier molecular flexibility index (Phi) is 4.39. The molecule has 0 radical (unpaired) electrons. The van der Waals surface area contributed by atoms with Crippen LogP contribution in [0.1, 0.15) is 38.2 Å². The molecule has 0 aliphatic heterocycles. The van der Waals surface area contributed by atoms with E-state index in [2.05, 4.69) is 65.3 Å². The lowest BCUT2D eigenvalue weighted by molar-refractivity contribution is -0.121. The van der Waals surface area contributed by atoms with Crippen LogP contribution < -0.4 is 5.32 Å². The van der Waals surface area contributed by atoms with Gasteiger partial charge in [-0.15, -0.1) is 0 Å². The van der Waals surface area contributed by atoms with Crippen molar-refractivity contribution in [1.82, 2.24) is 4.57 Å². The van der Waals surface area contributed by atoms with Crippen molar-refractivity contribution < 1.29 is 4.79 Å². The number of aromatic nitrogens is 1. The summed E-state index contributed by atoms with van der Waals surface area (Å²) in [7, 11) is 0. The van der Waals surface area contributed by atoms with Crippen LogP contribution in [0.25, 0.3) is 21.8 Å². The summed E-state index contributed by atoms with van der Waals surface area (Å²) in [4.78, 5) is 13.5. The molecule has 1 N–H and O–H groups in total. The van der Waals surface area contributed by atoms with Crippen molar-refractivity contribution in [3.05, 3.63) is 78.4 Å². The average Bonchev–Trinajstić information content (AvgIpc) is 3.38. The Bertz CT molecular complexity index is 1180. The van der Waals surface area contributed by atoms with Gasteiger partial charge < -0.3 is 9.88 Å². The van der Waals surface area contributed by atoms with Crippen LogP contribution in [0.15, 0.2) is 72.8 Å². The number of aryl methyl sites for hydroxylation is 1. The van der Waals surface area contributed by atoms with Gasteiger partial charge >= 0.3 is 0 Å². The number of amides is 1. The van der Waals surface area contributed by atoms with Crippen molar-refractivity contribution in [3.8, 4) is 0 Å². The van der Waals surface area contributed by atoms with Gasteiger partial charge in [0.25, 0.3) is 0 Å². The number of nitrogens with zero attached hydrogens (tertiary/aromatic N) is 1. The van der Waals surface area contributed by atoms with Crippen LogP contribution >= 0.6 is 0 Å². The second-order valence-corrected chi connectivity index (χ2v) is 8.10. The molecule has 5 rings (SSSR count). The van der Waals surface area contributed by atoms with E-state index in [4.69, 9.17) is 0 Å². The maximum Gasteiger partial charge on any atom is 0.235 e. The molecule has 3 aromatic carbocycles. The van der Waals surface area contributed by atoms with Crippen LogP contribution in [0.2, 0.25) is 0 Å². The van der Waals surface area contributed by atoms with E-state index in [1.54, 1.807) is 0 Å². The van der Waals surface area contributed by atoms with Crippen molar-refractivity contribution in [2.75, 3.05) is 5.32 Å². The van der Waals surface area contributed by atoms with Crippen molar-refractivity contribution >= 4 is 33.4 Å². The quantitative estimate of drug-likeness (QED) is 0.444. The van der Waals surface area contributed by atoms with Gasteiger partial charge in [-0.2, -0.15) is 0 Å². The minimum atomic E-state index is -0.409. The summed E-state index contributed by atoms with van der Waals surface area (Å²) >= 11 is 0. The molecule has 0 bridgehead atoms. The zero-order valence-corrected chi connectivity index (χ0v) is 16.8. The molecule has 1 saturated carbocycles. The standard InChI is InChI=1S/C26H26N2O/c1-2-28-23-13-7-6-12-21(23)22-18-20(14-15-24(22)28)27-25(29)26(16-8-9-17-26)19-10-4-3-5-11-19/h3-7,10-15,18H,2,8-9,16-17H2,1H3,(H,27,29). The molecular weight excluding hydrogens is 356 g/mol. The lowest BCUT2D eigenvalue weighted by Crippen LogP contribution is -2.37. The van der Waals surface area contributed by atoms with Gasteiger partial charge in [0.05, 0.1) is 5.41 Å².